The lowest BCUT2D eigenvalue weighted by atomic mass is 9.84. The quantitative estimate of drug-likeness (QED) is 0.826. The van der Waals surface area contributed by atoms with Gasteiger partial charge in [0.25, 0.3) is 0 Å². The lowest BCUT2D eigenvalue weighted by Crippen LogP contribution is -2.26. The van der Waals surface area contributed by atoms with E-state index in [0.717, 1.165) is 28.7 Å². The molecule has 2 aromatic rings. The van der Waals surface area contributed by atoms with Crippen molar-refractivity contribution in [1.82, 2.24) is 0 Å². The Labute approximate surface area is 112 Å². The van der Waals surface area contributed by atoms with Gasteiger partial charge >= 0.3 is 0 Å². The van der Waals surface area contributed by atoms with Crippen molar-refractivity contribution in [3.05, 3.63) is 70.0 Å². The third-order valence-corrected chi connectivity index (χ3v) is 4.06. The van der Waals surface area contributed by atoms with Crippen molar-refractivity contribution in [3.8, 4) is 0 Å². The molecule has 0 bridgehead atoms. The van der Waals surface area contributed by atoms with Crippen LogP contribution in [0, 0.1) is 19.7 Å². The predicted octanol–water partition coefficient (Wildman–Crippen LogP) is 3.62. The number of fused-ring (bicyclic) bond motifs is 1. The molecule has 98 valence electrons. The maximum absolute atomic E-state index is 14.3. The summed E-state index contributed by atoms with van der Waals surface area (Å²) in [7, 11) is 0. The summed E-state index contributed by atoms with van der Waals surface area (Å²) < 4.78 is 14.3. The number of benzene rings is 2. The third kappa shape index (κ3) is 1.79. The van der Waals surface area contributed by atoms with Crippen molar-refractivity contribution in [2.45, 2.75) is 32.3 Å². The summed E-state index contributed by atoms with van der Waals surface area (Å²) in [6.07, 6.45) is 1.34. The van der Waals surface area contributed by atoms with Crippen LogP contribution in [0.3, 0.4) is 0 Å². The average molecular weight is 256 g/mol. The van der Waals surface area contributed by atoms with E-state index in [0.29, 0.717) is 12.0 Å². The maximum Gasteiger partial charge on any atom is 0.130 e. The van der Waals surface area contributed by atoms with E-state index in [2.05, 4.69) is 0 Å². The Morgan fingerprint density at radius 1 is 1.16 bits per heavy atom. The molecule has 0 amide bonds. The highest BCUT2D eigenvalue weighted by Crippen LogP contribution is 2.44. The molecule has 0 fully saturated rings. The molecule has 0 saturated carbocycles. The fraction of sp³-hybridized carbons (Fsp3) is 0.294. The second kappa shape index (κ2) is 4.17. The van der Waals surface area contributed by atoms with Crippen molar-refractivity contribution in [2.75, 3.05) is 0 Å². The molecule has 1 aliphatic rings. The summed E-state index contributed by atoms with van der Waals surface area (Å²) in [6, 6.07) is 11.2. The van der Waals surface area contributed by atoms with Crippen LogP contribution in [0.1, 0.15) is 34.2 Å². The van der Waals surface area contributed by atoms with Crippen molar-refractivity contribution in [1.29, 1.82) is 0 Å². The topological polar surface area (TPSA) is 20.2 Å². The Hall–Kier alpha value is -1.67. The fourth-order valence-corrected chi connectivity index (χ4v) is 3.29. The summed E-state index contributed by atoms with van der Waals surface area (Å²) in [6.45, 7) is 3.73. The number of hydrogen-bond donors (Lipinski definition) is 1. The molecule has 0 saturated heterocycles. The molecule has 0 radical (unpaired) electrons. The minimum atomic E-state index is -1.18. The van der Waals surface area contributed by atoms with Crippen molar-refractivity contribution >= 4 is 0 Å². The Kier molecular flexibility index (Phi) is 2.72. The molecular weight excluding hydrogens is 239 g/mol. The van der Waals surface area contributed by atoms with Crippen LogP contribution < -0.4 is 0 Å². The molecule has 2 heteroatoms. The SMILES string of the molecule is Cc1cc(C)c(C2(O)CCc3ccccc32)c(F)c1. The van der Waals surface area contributed by atoms with E-state index in [-0.39, 0.29) is 5.82 Å². The van der Waals surface area contributed by atoms with Gasteiger partial charge in [0, 0.05) is 5.56 Å². The van der Waals surface area contributed by atoms with Gasteiger partial charge in [-0.05, 0) is 55.0 Å². The fourth-order valence-electron chi connectivity index (χ4n) is 3.29. The van der Waals surface area contributed by atoms with E-state index >= 15 is 0 Å². The van der Waals surface area contributed by atoms with Crippen LogP contribution in [-0.2, 0) is 12.0 Å². The Morgan fingerprint density at radius 3 is 2.63 bits per heavy atom. The standard InChI is InChI=1S/C17H17FO/c1-11-9-12(2)16(15(18)10-11)17(19)8-7-13-5-3-4-6-14(13)17/h3-6,9-10,19H,7-8H2,1-2H3. The number of rotatable bonds is 1. The van der Waals surface area contributed by atoms with Gasteiger partial charge in [-0.2, -0.15) is 0 Å². The predicted molar refractivity (Wildman–Crippen MR) is 73.6 cm³/mol. The van der Waals surface area contributed by atoms with Gasteiger partial charge in [0.15, 0.2) is 0 Å². The van der Waals surface area contributed by atoms with E-state index in [1.165, 1.54) is 6.07 Å². The maximum atomic E-state index is 14.3. The minimum absolute atomic E-state index is 0.309. The highest BCUT2D eigenvalue weighted by Gasteiger charge is 2.40. The molecule has 0 spiro atoms. The first kappa shape index (κ1) is 12.4. The number of aryl methyl sites for hydroxylation is 3. The smallest absolute Gasteiger partial charge is 0.130 e. The van der Waals surface area contributed by atoms with Crippen molar-refractivity contribution in [3.63, 3.8) is 0 Å². The van der Waals surface area contributed by atoms with Crippen LogP contribution in [0.15, 0.2) is 36.4 Å². The van der Waals surface area contributed by atoms with Crippen molar-refractivity contribution in [2.24, 2.45) is 0 Å². The van der Waals surface area contributed by atoms with E-state index in [4.69, 9.17) is 0 Å². The van der Waals surface area contributed by atoms with Crippen LogP contribution in [-0.4, -0.2) is 5.11 Å². The first-order valence-electron chi connectivity index (χ1n) is 6.60. The molecule has 0 aromatic heterocycles. The summed E-state index contributed by atoms with van der Waals surface area (Å²) in [5.41, 5.74) is 2.91. The van der Waals surface area contributed by atoms with Gasteiger partial charge in [-0.3, -0.25) is 0 Å². The average Bonchev–Trinajstić information content (AvgIpc) is 2.67. The van der Waals surface area contributed by atoms with E-state index in [1.807, 2.05) is 44.2 Å². The van der Waals surface area contributed by atoms with Gasteiger partial charge in [-0.15, -0.1) is 0 Å². The minimum Gasteiger partial charge on any atom is -0.380 e. The van der Waals surface area contributed by atoms with E-state index in [9.17, 15) is 9.50 Å². The van der Waals surface area contributed by atoms with Crippen LogP contribution >= 0.6 is 0 Å². The molecular formula is C17H17FO. The second-order valence-corrected chi connectivity index (χ2v) is 5.46. The molecule has 3 rings (SSSR count). The number of halogens is 1. The van der Waals surface area contributed by atoms with E-state index < -0.39 is 5.60 Å². The Morgan fingerprint density at radius 2 is 1.89 bits per heavy atom. The van der Waals surface area contributed by atoms with Crippen LogP contribution in [0.4, 0.5) is 4.39 Å². The van der Waals surface area contributed by atoms with Gasteiger partial charge in [-0.25, -0.2) is 4.39 Å². The summed E-state index contributed by atoms with van der Waals surface area (Å²) in [5.74, 6) is -0.309. The highest BCUT2D eigenvalue weighted by atomic mass is 19.1. The van der Waals surface area contributed by atoms with Gasteiger partial charge < -0.3 is 5.11 Å². The first-order valence-corrected chi connectivity index (χ1v) is 6.60. The second-order valence-electron chi connectivity index (χ2n) is 5.46. The normalized spacial score (nSPS) is 21.5. The van der Waals surface area contributed by atoms with Gasteiger partial charge in [0.1, 0.15) is 11.4 Å². The van der Waals surface area contributed by atoms with Gasteiger partial charge in [0.2, 0.25) is 0 Å². The molecule has 1 aliphatic carbocycles. The lowest BCUT2D eigenvalue weighted by molar-refractivity contribution is 0.0782. The molecule has 2 aromatic carbocycles. The summed E-state index contributed by atoms with van der Waals surface area (Å²) >= 11 is 0. The zero-order valence-corrected chi connectivity index (χ0v) is 11.2. The van der Waals surface area contributed by atoms with Crippen LogP contribution in [0.5, 0.6) is 0 Å². The summed E-state index contributed by atoms with van der Waals surface area (Å²) in [4.78, 5) is 0. The van der Waals surface area contributed by atoms with E-state index in [1.54, 1.807) is 0 Å². The molecule has 1 unspecified atom stereocenters. The lowest BCUT2D eigenvalue weighted by Gasteiger charge is -2.27. The number of hydrogen-bond acceptors (Lipinski definition) is 1. The molecule has 1 atom stereocenters. The van der Waals surface area contributed by atoms with Gasteiger partial charge in [-0.1, -0.05) is 30.3 Å². The first-order chi connectivity index (χ1) is 9.02. The number of aliphatic hydroxyl groups is 1. The molecule has 0 heterocycles. The molecule has 1 N–H and O–H groups in total. The van der Waals surface area contributed by atoms with Crippen LogP contribution in [0.2, 0.25) is 0 Å². The molecule has 1 nitrogen and oxygen atoms in total. The Bertz CT molecular complexity index is 624. The zero-order chi connectivity index (χ0) is 13.6. The largest absolute Gasteiger partial charge is 0.380 e. The molecule has 19 heavy (non-hydrogen) atoms. The third-order valence-electron chi connectivity index (χ3n) is 4.06. The monoisotopic (exact) mass is 256 g/mol. The highest BCUT2D eigenvalue weighted by molar-refractivity contribution is 5.48. The van der Waals surface area contributed by atoms with Crippen molar-refractivity contribution < 1.29 is 9.50 Å². The molecule has 0 aliphatic heterocycles. The Balaban J connectivity index is 2.23. The van der Waals surface area contributed by atoms with Crippen LogP contribution in [0.25, 0.3) is 0 Å². The van der Waals surface area contributed by atoms with Gasteiger partial charge in [0.05, 0.1) is 0 Å². The zero-order valence-electron chi connectivity index (χ0n) is 11.2. The summed E-state index contributed by atoms with van der Waals surface area (Å²) in [5, 5.41) is 11.0.